The molecule has 2 aromatic rings. The van der Waals surface area contributed by atoms with Crippen molar-refractivity contribution in [2.24, 2.45) is 7.05 Å². The van der Waals surface area contributed by atoms with E-state index in [0.29, 0.717) is 16.7 Å². The van der Waals surface area contributed by atoms with Gasteiger partial charge in [-0.2, -0.15) is 5.10 Å². The number of benzene rings is 1. The predicted molar refractivity (Wildman–Crippen MR) is 69.0 cm³/mol. The van der Waals surface area contributed by atoms with Gasteiger partial charge in [-0.25, -0.2) is 8.78 Å². The Hall–Kier alpha value is -1.27. The normalized spacial score (nSPS) is 10.9. The molecule has 0 aliphatic carbocycles. The first kappa shape index (κ1) is 13.2. The Balaban J connectivity index is 2.54. The van der Waals surface area contributed by atoms with Crippen molar-refractivity contribution in [2.75, 3.05) is 7.05 Å². The summed E-state index contributed by atoms with van der Waals surface area (Å²) in [4.78, 5) is 0. The lowest BCUT2D eigenvalue weighted by atomic mass is 10.1. The molecule has 0 fully saturated rings. The third-order valence-electron chi connectivity index (χ3n) is 2.63. The molecule has 0 radical (unpaired) electrons. The summed E-state index contributed by atoms with van der Waals surface area (Å²) in [5, 5.41) is 7.27. The largest absolute Gasteiger partial charge is 0.314 e. The van der Waals surface area contributed by atoms with Crippen molar-refractivity contribution in [1.29, 1.82) is 0 Å². The summed E-state index contributed by atoms with van der Waals surface area (Å²) in [6.45, 7) is 0.604. The van der Waals surface area contributed by atoms with E-state index in [-0.39, 0.29) is 5.56 Å². The van der Waals surface area contributed by atoms with Crippen LogP contribution >= 0.6 is 15.9 Å². The zero-order valence-corrected chi connectivity index (χ0v) is 11.6. The Morgan fingerprint density at radius 1 is 1.39 bits per heavy atom. The first-order valence-electron chi connectivity index (χ1n) is 5.36. The van der Waals surface area contributed by atoms with Crippen LogP contribution in [0.15, 0.2) is 22.7 Å². The second-order valence-electron chi connectivity index (χ2n) is 3.89. The van der Waals surface area contributed by atoms with E-state index in [2.05, 4.69) is 26.3 Å². The number of rotatable bonds is 3. The molecule has 0 unspecified atom stereocenters. The lowest BCUT2D eigenvalue weighted by molar-refractivity contribution is 0.585. The zero-order valence-electron chi connectivity index (χ0n) is 9.97. The molecule has 0 saturated heterocycles. The van der Waals surface area contributed by atoms with Crippen molar-refractivity contribution in [3.63, 3.8) is 0 Å². The summed E-state index contributed by atoms with van der Waals surface area (Å²) in [5.41, 5.74) is 1.65. The zero-order chi connectivity index (χ0) is 13.3. The number of aromatic nitrogens is 2. The third-order valence-corrected chi connectivity index (χ3v) is 3.47. The molecule has 0 aliphatic heterocycles. The highest BCUT2D eigenvalue weighted by molar-refractivity contribution is 9.10. The van der Waals surface area contributed by atoms with Gasteiger partial charge in [-0.05, 0) is 35.1 Å². The van der Waals surface area contributed by atoms with E-state index in [1.165, 1.54) is 12.1 Å². The van der Waals surface area contributed by atoms with Gasteiger partial charge >= 0.3 is 0 Å². The van der Waals surface area contributed by atoms with E-state index >= 15 is 0 Å². The van der Waals surface area contributed by atoms with Crippen molar-refractivity contribution in [3.8, 4) is 11.3 Å². The van der Waals surface area contributed by atoms with E-state index in [4.69, 9.17) is 0 Å². The molecule has 3 nitrogen and oxygen atoms in total. The van der Waals surface area contributed by atoms with E-state index in [0.717, 1.165) is 11.8 Å². The number of nitrogens with zero attached hydrogens (tertiary/aromatic N) is 2. The van der Waals surface area contributed by atoms with Gasteiger partial charge in [0.15, 0.2) is 0 Å². The molecule has 0 spiro atoms. The molecule has 0 atom stereocenters. The minimum absolute atomic E-state index is 0.279. The molecule has 0 bridgehead atoms. The monoisotopic (exact) mass is 315 g/mol. The summed E-state index contributed by atoms with van der Waals surface area (Å²) < 4.78 is 29.0. The molecule has 0 aliphatic rings. The Kier molecular flexibility index (Phi) is 3.77. The highest BCUT2D eigenvalue weighted by Crippen LogP contribution is 2.31. The Morgan fingerprint density at radius 3 is 2.72 bits per heavy atom. The fourth-order valence-electron chi connectivity index (χ4n) is 1.75. The maximum atomic E-state index is 13.7. The Labute approximate surface area is 112 Å². The van der Waals surface area contributed by atoms with Crippen molar-refractivity contribution in [3.05, 3.63) is 40.0 Å². The van der Waals surface area contributed by atoms with Crippen molar-refractivity contribution in [1.82, 2.24) is 15.1 Å². The van der Waals surface area contributed by atoms with Crippen LogP contribution in [0.5, 0.6) is 0 Å². The molecule has 0 saturated carbocycles. The summed E-state index contributed by atoms with van der Waals surface area (Å²) >= 11 is 3.41. The molecule has 1 heterocycles. The van der Waals surface area contributed by atoms with Crippen LogP contribution in [0.4, 0.5) is 8.78 Å². The lowest BCUT2D eigenvalue weighted by Crippen LogP contribution is -2.10. The van der Waals surface area contributed by atoms with Gasteiger partial charge in [0, 0.05) is 25.2 Å². The van der Waals surface area contributed by atoms with Gasteiger partial charge in [0.25, 0.3) is 0 Å². The van der Waals surface area contributed by atoms with Gasteiger partial charge < -0.3 is 5.32 Å². The van der Waals surface area contributed by atoms with E-state index in [1.807, 2.05) is 7.05 Å². The van der Waals surface area contributed by atoms with Crippen LogP contribution in [0.2, 0.25) is 0 Å². The second-order valence-corrected chi connectivity index (χ2v) is 4.68. The highest BCUT2D eigenvalue weighted by Gasteiger charge is 2.17. The molecule has 1 aromatic carbocycles. The van der Waals surface area contributed by atoms with Crippen LogP contribution in [0, 0.1) is 11.6 Å². The van der Waals surface area contributed by atoms with Gasteiger partial charge in [0.05, 0.1) is 10.2 Å². The maximum absolute atomic E-state index is 13.7. The van der Waals surface area contributed by atoms with E-state index in [1.54, 1.807) is 11.7 Å². The minimum Gasteiger partial charge on any atom is -0.314 e. The van der Waals surface area contributed by atoms with Crippen LogP contribution in [0.1, 0.15) is 5.69 Å². The number of hydrogen-bond donors (Lipinski definition) is 1. The first-order valence-corrected chi connectivity index (χ1v) is 6.15. The van der Waals surface area contributed by atoms with Crippen LogP contribution in [-0.4, -0.2) is 16.8 Å². The fraction of sp³-hybridized carbons (Fsp3) is 0.250. The van der Waals surface area contributed by atoms with Gasteiger partial charge in [-0.3, -0.25) is 4.68 Å². The van der Waals surface area contributed by atoms with E-state index in [9.17, 15) is 8.78 Å². The predicted octanol–water partition coefficient (Wildman–Crippen LogP) is 2.85. The van der Waals surface area contributed by atoms with E-state index < -0.39 is 11.6 Å². The summed E-state index contributed by atoms with van der Waals surface area (Å²) in [5.74, 6) is -1.22. The van der Waals surface area contributed by atoms with Gasteiger partial charge in [0.1, 0.15) is 17.3 Å². The second kappa shape index (κ2) is 5.16. The number of nitrogens with one attached hydrogen (secondary N) is 1. The van der Waals surface area contributed by atoms with Crippen LogP contribution < -0.4 is 5.32 Å². The standard InChI is InChI=1S/C12H12BrF2N3/c1-16-6-10-11(13)12(17-18(10)2)8-4-3-7(14)5-9(8)15/h3-5,16H,6H2,1-2H3. The average Bonchev–Trinajstić information content (AvgIpc) is 2.58. The van der Waals surface area contributed by atoms with Gasteiger partial charge in [-0.1, -0.05) is 0 Å². The van der Waals surface area contributed by atoms with Crippen LogP contribution in [-0.2, 0) is 13.6 Å². The molecule has 2 rings (SSSR count). The summed E-state index contributed by atoms with van der Waals surface area (Å²) in [7, 11) is 3.60. The molecule has 6 heteroatoms. The van der Waals surface area contributed by atoms with Crippen molar-refractivity contribution in [2.45, 2.75) is 6.54 Å². The molecular formula is C12H12BrF2N3. The Morgan fingerprint density at radius 2 is 2.11 bits per heavy atom. The van der Waals surface area contributed by atoms with Gasteiger partial charge in [0.2, 0.25) is 0 Å². The quantitative estimate of drug-likeness (QED) is 0.944. The van der Waals surface area contributed by atoms with Crippen molar-refractivity contribution >= 4 is 15.9 Å². The first-order chi connectivity index (χ1) is 8.54. The molecule has 1 N–H and O–H groups in total. The van der Waals surface area contributed by atoms with Gasteiger partial charge in [-0.15, -0.1) is 0 Å². The highest BCUT2D eigenvalue weighted by atomic mass is 79.9. The minimum atomic E-state index is -0.621. The fourth-order valence-corrected chi connectivity index (χ4v) is 2.44. The van der Waals surface area contributed by atoms with Crippen LogP contribution in [0.25, 0.3) is 11.3 Å². The van der Waals surface area contributed by atoms with Crippen molar-refractivity contribution < 1.29 is 8.78 Å². The topological polar surface area (TPSA) is 29.9 Å². The molecule has 18 heavy (non-hydrogen) atoms. The third kappa shape index (κ3) is 2.30. The molecular weight excluding hydrogens is 304 g/mol. The molecule has 96 valence electrons. The average molecular weight is 316 g/mol. The number of aryl methyl sites for hydroxylation is 1. The summed E-state index contributed by atoms with van der Waals surface area (Å²) in [6, 6.07) is 3.46. The molecule has 0 amide bonds. The molecule has 1 aromatic heterocycles. The smallest absolute Gasteiger partial charge is 0.135 e. The summed E-state index contributed by atoms with van der Waals surface area (Å²) in [6.07, 6.45) is 0. The SMILES string of the molecule is CNCc1c(Br)c(-c2ccc(F)cc2F)nn1C. The Bertz CT molecular complexity index is 581. The van der Waals surface area contributed by atoms with Crippen LogP contribution in [0.3, 0.4) is 0 Å². The lowest BCUT2D eigenvalue weighted by Gasteiger charge is -2.01. The number of halogens is 3. The number of hydrogen-bond acceptors (Lipinski definition) is 2. The maximum Gasteiger partial charge on any atom is 0.135 e.